The van der Waals surface area contributed by atoms with Gasteiger partial charge in [-0.3, -0.25) is 0 Å². The molecule has 24 heavy (non-hydrogen) atoms. The summed E-state index contributed by atoms with van der Waals surface area (Å²) in [5, 5.41) is 0.906. The first-order chi connectivity index (χ1) is 11.6. The molecule has 0 atom stereocenters. The lowest BCUT2D eigenvalue weighted by Crippen LogP contribution is -2.11. The summed E-state index contributed by atoms with van der Waals surface area (Å²) in [6.45, 7) is 1.99. The quantitative estimate of drug-likeness (QED) is 0.417. The fourth-order valence-corrected chi connectivity index (χ4v) is 2.90. The van der Waals surface area contributed by atoms with E-state index in [9.17, 15) is 9.59 Å². The molecule has 0 aliphatic rings. The Morgan fingerprint density at radius 2 is 1.54 bits per heavy atom. The van der Waals surface area contributed by atoms with E-state index in [1.807, 2.05) is 37.3 Å². The number of hydrogen-bond donors (Lipinski definition) is 0. The Bertz CT molecular complexity index is 1180. The number of fused-ring (bicyclic) bond motifs is 3. The Labute approximate surface area is 137 Å². The Balaban J connectivity index is 1.96. The smallest absolute Gasteiger partial charge is 0.347 e. The van der Waals surface area contributed by atoms with Crippen LogP contribution in [0.15, 0.2) is 73.0 Å². The van der Waals surface area contributed by atoms with Crippen molar-refractivity contribution in [1.29, 1.82) is 0 Å². The van der Waals surface area contributed by atoms with Gasteiger partial charge in [-0.1, -0.05) is 36.4 Å². The molecule has 0 saturated heterocycles. The summed E-state index contributed by atoms with van der Waals surface area (Å²) in [5.41, 5.74) is 2.31. The van der Waals surface area contributed by atoms with E-state index in [1.165, 1.54) is 0 Å². The maximum Gasteiger partial charge on any atom is 0.347 e. The van der Waals surface area contributed by atoms with E-state index < -0.39 is 11.3 Å². The van der Waals surface area contributed by atoms with Gasteiger partial charge in [-0.25, -0.2) is 9.59 Å². The standard InChI is InChI=1S/C20H14O4/c1-12-6-2-3-7-13(12)10-14-11-16-18(24-19(14)21)15-8-4-5-9-17(15)23-20(16)22/h2-9,11H,10H2,1H3. The van der Waals surface area contributed by atoms with Gasteiger partial charge in [-0.05, 0) is 36.2 Å². The molecule has 0 spiro atoms. The molecule has 0 saturated carbocycles. The minimum absolute atomic E-state index is 0.278. The molecule has 0 amide bonds. The molecule has 118 valence electrons. The summed E-state index contributed by atoms with van der Waals surface area (Å²) in [6.07, 6.45) is 0.414. The lowest BCUT2D eigenvalue weighted by Gasteiger charge is -2.06. The van der Waals surface area contributed by atoms with Crippen molar-refractivity contribution < 1.29 is 8.83 Å². The molecule has 0 aliphatic carbocycles. The van der Waals surface area contributed by atoms with E-state index in [2.05, 4.69) is 0 Å². The Hall–Kier alpha value is -3.14. The van der Waals surface area contributed by atoms with Crippen LogP contribution in [-0.2, 0) is 6.42 Å². The van der Waals surface area contributed by atoms with Crippen LogP contribution in [0, 0.1) is 6.92 Å². The van der Waals surface area contributed by atoms with Crippen LogP contribution < -0.4 is 11.3 Å². The van der Waals surface area contributed by atoms with E-state index in [0.717, 1.165) is 11.1 Å². The average molecular weight is 318 g/mol. The highest BCUT2D eigenvalue weighted by Gasteiger charge is 2.14. The van der Waals surface area contributed by atoms with Crippen LogP contribution in [0.4, 0.5) is 0 Å². The van der Waals surface area contributed by atoms with Crippen molar-refractivity contribution >= 4 is 21.9 Å². The summed E-state index contributed by atoms with van der Waals surface area (Å²) < 4.78 is 10.8. The van der Waals surface area contributed by atoms with Crippen LogP contribution in [0.5, 0.6) is 0 Å². The molecule has 4 rings (SSSR count). The van der Waals surface area contributed by atoms with Crippen molar-refractivity contribution in [3.63, 3.8) is 0 Å². The van der Waals surface area contributed by atoms with Crippen molar-refractivity contribution in [2.75, 3.05) is 0 Å². The van der Waals surface area contributed by atoms with Crippen LogP contribution >= 0.6 is 0 Å². The third kappa shape index (κ3) is 2.33. The molecule has 0 bridgehead atoms. The predicted octanol–water partition coefficient (Wildman–Crippen LogP) is 3.80. The largest absolute Gasteiger partial charge is 0.422 e. The highest BCUT2D eigenvalue weighted by molar-refractivity contribution is 6.00. The van der Waals surface area contributed by atoms with E-state index in [4.69, 9.17) is 8.83 Å². The van der Waals surface area contributed by atoms with Gasteiger partial charge in [0.1, 0.15) is 11.0 Å². The van der Waals surface area contributed by atoms with Crippen molar-refractivity contribution in [3.8, 4) is 0 Å². The van der Waals surface area contributed by atoms with Gasteiger partial charge in [0.25, 0.3) is 0 Å². The van der Waals surface area contributed by atoms with Gasteiger partial charge >= 0.3 is 11.3 Å². The first-order valence-corrected chi connectivity index (χ1v) is 7.66. The van der Waals surface area contributed by atoms with Gasteiger partial charge in [-0.2, -0.15) is 0 Å². The second kappa shape index (κ2) is 5.49. The number of benzene rings is 2. The topological polar surface area (TPSA) is 60.4 Å². The van der Waals surface area contributed by atoms with Crippen molar-refractivity contribution in [1.82, 2.24) is 0 Å². The SMILES string of the molecule is Cc1ccccc1Cc1cc2c(=O)oc3ccccc3c2oc1=O. The van der Waals surface area contributed by atoms with E-state index >= 15 is 0 Å². The fraction of sp³-hybridized carbons (Fsp3) is 0.100. The third-order valence-electron chi connectivity index (χ3n) is 4.22. The summed E-state index contributed by atoms with van der Waals surface area (Å²) in [5.74, 6) is 0. The highest BCUT2D eigenvalue weighted by atomic mass is 16.4. The van der Waals surface area contributed by atoms with Crippen molar-refractivity contribution in [2.45, 2.75) is 13.3 Å². The van der Waals surface area contributed by atoms with Gasteiger partial charge in [-0.15, -0.1) is 0 Å². The van der Waals surface area contributed by atoms with Crippen molar-refractivity contribution in [3.05, 3.63) is 92.1 Å². The lowest BCUT2D eigenvalue weighted by molar-refractivity contribution is 0.537. The second-order valence-corrected chi connectivity index (χ2v) is 5.79. The number of aryl methyl sites for hydroxylation is 1. The Kier molecular flexibility index (Phi) is 3.31. The molecule has 4 heteroatoms. The zero-order chi connectivity index (χ0) is 16.7. The fourth-order valence-electron chi connectivity index (χ4n) is 2.90. The summed E-state index contributed by atoms with van der Waals surface area (Å²) in [6, 6.07) is 16.4. The molecule has 2 aromatic carbocycles. The molecule has 0 N–H and O–H groups in total. The van der Waals surface area contributed by atoms with Crippen LogP contribution in [0.25, 0.3) is 21.9 Å². The predicted molar refractivity (Wildman–Crippen MR) is 92.5 cm³/mol. The summed E-state index contributed by atoms with van der Waals surface area (Å²) >= 11 is 0. The number of rotatable bonds is 2. The monoisotopic (exact) mass is 318 g/mol. The van der Waals surface area contributed by atoms with E-state index in [-0.39, 0.29) is 11.0 Å². The molecule has 0 aliphatic heterocycles. The molecule has 4 aromatic rings. The Morgan fingerprint density at radius 3 is 2.38 bits per heavy atom. The first kappa shape index (κ1) is 14.5. The minimum atomic E-state index is -0.501. The normalized spacial score (nSPS) is 11.2. The maximum atomic E-state index is 12.4. The zero-order valence-electron chi connectivity index (χ0n) is 13.0. The molecule has 2 heterocycles. The van der Waals surface area contributed by atoms with E-state index in [1.54, 1.807) is 24.3 Å². The molecule has 2 aromatic heterocycles. The van der Waals surface area contributed by atoms with Gasteiger partial charge in [0.05, 0.1) is 5.39 Å². The molecule has 0 unspecified atom stereocenters. The van der Waals surface area contributed by atoms with Gasteiger partial charge < -0.3 is 8.83 Å². The van der Waals surface area contributed by atoms with Crippen LogP contribution in [0.2, 0.25) is 0 Å². The molecule has 0 fully saturated rings. The van der Waals surface area contributed by atoms with Gasteiger partial charge in [0.2, 0.25) is 0 Å². The van der Waals surface area contributed by atoms with Crippen LogP contribution in [0.1, 0.15) is 16.7 Å². The number of hydrogen-bond acceptors (Lipinski definition) is 4. The Morgan fingerprint density at radius 1 is 0.792 bits per heavy atom. The number of para-hydroxylation sites is 1. The molecule has 4 nitrogen and oxygen atoms in total. The third-order valence-corrected chi connectivity index (χ3v) is 4.22. The molecule has 0 radical (unpaired) electrons. The summed E-state index contributed by atoms with van der Waals surface area (Å²) in [7, 11) is 0. The molecular formula is C20H14O4. The van der Waals surface area contributed by atoms with Crippen LogP contribution in [-0.4, -0.2) is 0 Å². The highest BCUT2D eigenvalue weighted by Crippen LogP contribution is 2.22. The zero-order valence-corrected chi connectivity index (χ0v) is 13.0. The maximum absolute atomic E-state index is 12.4. The van der Waals surface area contributed by atoms with E-state index in [0.29, 0.717) is 23.0 Å². The molecular weight excluding hydrogens is 304 g/mol. The van der Waals surface area contributed by atoms with Crippen molar-refractivity contribution in [2.24, 2.45) is 0 Å². The van der Waals surface area contributed by atoms with Crippen LogP contribution in [0.3, 0.4) is 0 Å². The summed E-state index contributed by atoms with van der Waals surface area (Å²) in [4.78, 5) is 24.7. The minimum Gasteiger partial charge on any atom is -0.422 e. The van der Waals surface area contributed by atoms with Gasteiger partial charge in [0.15, 0.2) is 5.58 Å². The first-order valence-electron chi connectivity index (χ1n) is 7.66. The van der Waals surface area contributed by atoms with Gasteiger partial charge in [0, 0.05) is 12.0 Å². The second-order valence-electron chi connectivity index (χ2n) is 5.79. The average Bonchev–Trinajstić information content (AvgIpc) is 2.58. The lowest BCUT2D eigenvalue weighted by atomic mass is 10.0.